The first-order valence-electron chi connectivity index (χ1n) is 9.44. The van der Waals surface area contributed by atoms with Crippen molar-refractivity contribution in [3.63, 3.8) is 0 Å². The Kier molecular flexibility index (Phi) is 6.42. The second-order valence-electron chi connectivity index (χ2n) is 7.10. The smallest absolute Gasteiger partial charge is 0.225 e. The molecule has 27 heavy (non-hydrogen) atoms. The van der Waals surface area contributed by atoms with Gasteiger partial charge >= 0.3 is 0 Å². The Bertz CT molecular complexity index is 736. The number of nitrogens with zero attached hydrogens (tertiary/aromatic N) is 2. The number of anilines is 1. The highest BCUT2D eigenvalue weighted by Gasteiger charge is 2.22. The summed E-state index contributed by atoms with van der Waals surface area (Å²) in [6, 6.07) is 13.4. The number of rotatable bonds is 6. The van der Waals surface area contributed by atoms with Gasteiger partial charge < -0.3 is 20.7 Å². The molecule has 1 aliphatic rings. The number of carbonyl (C=O) groups is 1. The summed E-state index contributed by atoms with van der Waals surface area (Å²) in [6.45, 7) is 6.78. The number of nitrogens with one attached hydrogen (secondary N) is 1. The van der Waals surface area contributed by atoms with Crippen LogP contribution in [0.4, 0.5) is 5.82 Å². The third-order valence-electron chi connectivity index (χ3n) is 4.98. The summed E-state index contributed by atoms with van der Waals surface area (Å²) in [6.07, 6.45) is 2.03. The van der Waals surface area contributed by atoms with Gasteiger partial charge in [0.15, 0.2) is 0 Å². The molecule has 2 heterocycles. The lowest BCUT2D eigenvalue weighted by atomic mass is 9.94. The molecule has 3 atom stereocenters. The van der Waals surface area contributed by atoms with Gasteiger partial charge in [0, 0.05) is 31.9 Å². The summed E-state index contributed by atoms with van der Waals surface area (Å²) in [7, 11) is 0. The van der Waals surface area contributed by atoms with Crippen molar-refractivity contribution in [2.45, 2.75) is 32.5 Å². The van der Waals surface area contributed by atoms with Crippen LogP contribution < -0.4 is 16.0 Å². The van der Waals surface area contributed by atoms with Crippen LogP contribution in [0.3, 0.4) is 0 Å². The standard InChI is InChI=1S/C21H28N4O2/c1-15-14-25(10-11-27-15)19-9-8-17(12-23-19)13-24-21(26)16(2)20(22)18-6-4-3-5-7-18/h3-9,12,15-16,20H,10-11,13-14,22H2,1-2H3,(H,24,26). The molecule has 1 fully saturated rings. The number of ether oxygens (including phenoxy) is 1. The van der Waals surface area contributed by atoms with E-state index in [-0.39, 0.29) is 24.0 Å². The van der Waals surface area contributed by atoms with Gasteiger partial charge in [0.05, 0.1) is 18.6 Å². The van der Waals surface area contributed by atoms with Crippen LogP contribution in [0.2, 0.25) is 0 Å². The van der Waals surface area contributed by atoms with Crippen molar-refractivity contribution in [2.24, 2.45) is 11.7 Å². The summed E-state index contributed by atoms with van der Waals surface area (Å²) in [5, 5.41) is 2.96. The monoisotopic (exact) mass is 368 g/mol. The Hall–Kier alpha value is -2.44. The van der Waals surface area contributed by atoms with Crippen LogP contribution in [0, 0.1) is 5.92 Å². The second kappa shape index (κ2) is 8.97. The van der Waals surface area contributed by atoms with Gasteiger partial charge in [0.1, 0.15) is 5.82 Å². The molecule has 1 amide bonds. The van der Waals surface area contributed by atoms with Gasteiger partial charge in [-0.05, 0) is 24.1 Å². The van der Waals surface area contributed by atoms with Gasteiger partial charge in [0.25, 0.3) is 0 Å². The van der Waals surface area contributed by atoms with Crippen molar-refractivity contribution in [1.82, 2.24) is 10.3 Å². The second-order valence-corrected chi connectivity index (χ2v) is 7.10. The molecule has 144 valence electrons. The van der Waals surface area contributed by atoms with E-state index in [1.165, 1.54) is 0 Å². The maximum atomic E-state index is 12.4. The summed E-state index contributed by atoms with van der Waals surface area (Å²) in [4.78, 5) is 19.2. The summed E-state index contributed by atoms with van der Waals surface area (Å²) < 4.78 is 5.56. The predicted molar refractivity (Wildman–Crippen MR) is 106 cm³/mol. The first-order chi connectivity index (χ1) is 13.0. The van der Waals surface area contributed by atoms with E-state index in [9.17, 15) is 4.79 Å². The Labute approximate surface area is 160 Å². The maximum Gasteiger partial charge on any atom is 0.225 e. The highest BCUT2D eigenvalue weighted by molar-refractivity contribution is 5.79. The average molecular weight is 368 g/mol. The van der Waals surface area contributed by atoms with Gasteiger partial charge in [-0.3, -0.25) is 4.79 Å². The van der Waals surface area contributed by atoms with Crippen LogP contribution in [-0.4, -0.2) is 36.7 Å². The molecule has 1 aromatic heterocycles. The third-order valence-corrected chi connectivity index (χ3v) is 4.98. The Morgan fingerprint density at radius 1 is 1.33 bits per heavy atom. The quantitative estimate of drug-likeness (QED) is 0.817. The van der Waals surface area contributed by atoms with Crippen LogP contribution >= 0.6 is 0 Å². The van der Waals surface area contributed by atoms with Gasteiger partial charge in [-0.2, -0.15) is 0 Å². The van der Waals surface area contributed by atoms with Crippen LogP contribution in [0.15, 0.2) is 48.7 Å². The zero-order valence-electron chi connectivity index (χ0n) is 16.0. The number of pyridine rings is 1. The fourth-order valence-electron chi connectivity index (χ4n) is 3.21. The molecule has 3 rings (SSSR count). The number of nitrogens with two attached hydrogens (primary N) is 1. The topological polar surface area (TPSA) is 80.5 Å². The van der Waals surface area contributed by atoms with Gasteiger partial charge in [0.2, 0.25) is 5.91 Å². The fraction of sp³-hybridized carbons (Fsp3) is 0.429. The minimum Gasteiger partial charge on any atom is -0.375 e. The lowest BCUT2D eigenvalue weighted by Gasteiger charge is -2.32. The van der Waals surface area contributed by atoms with Crippen molar-refractivity contribution < 1.29 is 9.53 Å². The lowest BCUT2D eigenvalue weighted by molar-refractivity contribution is -0.125. The van der Waals surface area contributed by atoms with E-state index in [2.05, 4.69) is 22.1 Å². The number of hydrogen-bond acceptors (Lipinski definition) is 5. The highest BCUT2D eigenvalue weighted by atomic mass is 16.5. The normalized spacial score (nSPS) is 19.4. The van der Waals surface area contributed by atoms with Crippen molar-refractivity contribution >= 4 is 11.7 Å². The largest absolute Gasteiger partial charge is 0.375 e. The van der Waals surface area contributed by atoms with Crippen LogP contribution in [-0.2, 0) is 16.1 Å². The molecule has 1 aromatic carbocycles. The molecule has 2 aromatic rings. The summed E-state index contributed by atoms with van der Waals surface area (Å²) in [5.74, 6) is 0.576. The number of hydrogen-bond donors (Lipinski definition) is 2. The molecule has 3 N–H and O–H groups in total. The zero-order chi connectivity index (χ0) is 19.2. The molecule has 0 spiro atoms. The van der Waals surface area contributed by atoms with E-state index in [0.717, 1.165) is 36.6 Å². The molecule has 0 radical (unpaired) electrons. The van der Waals surface area contributed by atoms with Crippen molar-refractivity contribution in [1.29, 1.82) is 0 Å². The Morgan fingerprint density at radius 2 is 2.11 bits per heavy atom. The SMILES string of the molecule is CC1CN(c2ccc(CNC(=O)C(C)C(N)c3ccccc3)cn2)CCO1. The summed E-state index contributed by atoms with van der Waals surface area (Å²) in [5.41, 5.74) is 8.16. The molecule has 1 aliphatic heterocycles. The van der Waals surface area contributed by atoms with Gasteiger partial charge in [-0.25, -0.2) is 4.98 Å². The van der Waals surface area contributed by atoms with E-state index < -0.39 is 0 Å². The Morgan fingerprint density at radius 3 is 2.78 bits per heavy atom. The van der Waals surface area contributed by atoms with E-state index in [1.54, 1.807) is 0 Å². The predicted octanol–water partition coefficient (Wildman–Crippen LogP) is 2.26. The van der Waals surface area contributed by atoms with E-state index in [0.29, 0.717) is 6.54 Å². The number of carbonyl (C=O) groups excluding carboxylic acids is 1. The number of amides is 1. The van der Waals surface area contributed by atoms with Crippen molar-refractivity contribution in [2.75, 3.05) is 24.6 Å². The summed E-state index contributed by atoms with van der Waals surface area (Å²) >= 11 is 0. The van der Waals surface area contributed by atoms with E-state index in [4.69, 9.17) is 10.5 Å². The van der Waals surface area contributed by atoms with E-state index in [1.807, 2.05) is 55.6 Å². The molecule has 6 heteroatoms. The van der Waals surface area contributed by atoms with Crippen LogP contribution in [0.25, 0.3) is 0 Å². The average Bonchev–Trinajstić information content (AvgIpc) is 2.72. The fourth-order valence-corrected chi connectivity index (χ4v) is 3.21. The zero-order valence-corrected chi connectivity index (χ0v) is 16.0. The maximum absolute atomic E-state index is 12.4. The number of benzene rings is 1. The molecule has 0 bridgehead atoms. The minimum absolute atomic E-state index is 0.0579. The van der Waals surface area contributed by atoms with Crippen LogP contribution in [0.5, 0.6) is 0 Å². The molecule has 1 saturated heterocycles. The molecular weight excluding hydrogens is 340 g/mol. The molecule has 0 aliphatic carbocycles. The first-order valence-corrected chi connectivity index (χ1v) is 9.44. The molecular formula is C21H28N4O2. The van der Waals surface area contributed by atoms with Crippen molar-refractivity contribution in [3.05, 3.63) is 59.8 Å². The van der Waals surface area contributed by atoms with E-state index >= 15 is 0 Å². The molecule has 3 unspecified atom stereocenters. The van der Waals surface area contributed by atoms with Gasteiger partial charge in [-0.1, -0.05) is 43.3 Å². The van der Waals surface area contributed by atoms with Crippen LogP contribution in [0.1, 0.15) is 31.0 Å². The molecule has 6 nitrogen and oxygen atoms in total. The first kappa shape index (κ1) is 19.3. The third kappa shape index (κ3) is 5.05. The Balaban J connectivity index is 1.52. The minimum atomic E-state index is -0.324. The van der Waals surface area contributed by atoms with Gasteiger partial charge in [-0.15, -0.1) is 0 Å². The van der Waals surface area contributed by atoms with Crippen molar-refractivity contribution in [3.8, 4) is 0 Å². The molecule has 0 saturated carbocycles. The lowest BCUT2D eigenvalue weighted by Crippen LogP contribution is -2.41. The number of aromatic nitrogens is 1. The number of morpholine rings is 1. The highest BCUT2D eigenvalue weighted by Crippen LogP contribution is 2.19.